The first kappa shape index (κ1) is 15.8. The van der Waals surface area contributed by atoms with Crippen molar-refractivity contribution in [3.63, 3.8) is 0 Å². The van der Waals surface area contributed by atoms with E-state index in [1.165, 1.54) is 5.56 Å². The first-order valence-corrected chi connectivity index (χ1v) is 7.59. The number of halogens is 1. The van der Waals surface area contributed by atoms with Gasteiger partial charge in [0.25, 0.3) is 0 Å². The van der Waals surface area contributed by atoms with Crippen LogP contribution in [0, 0.1) is 5.92 Å². The molecule has 1 heterocycles. The predicted octanol–water partition coefficient (Wildman–Crippen LogP) is 2.95. The van der Waals surface area contributed by atoms with Gasteiger partial charge in [0.15, 0.2) is 0 Å². The van der Waals surface area contributed by atoms with Crippen molar-refractivity contribution in [2.24, 2.45) is 5.92 Å². The maximum Gasteiger partial charge on any atom is 0.0719 e. The molecule has 0 aliphatic carbocycles. The summed E-state index contributed by atoms with van der Waals surface area (Å²) in [5.74, 6) is 0.263. The molecular formula is C16H24ClNO2. The summed E-state index contributed by atoms with van der Waals surface area (Å²) in [5.41, 5.74) is 0.691. The van der Waals surface area contributed by atoms with E-state index in [9.17, 15) is 5.11 Å². The van der Waals surface area contributed by atoms with Crippen molar-refractivity contribution in [3.05, 3.63) is 34.9 Å². The normalized spacial score (nSPS) is 27.7. The summed E-state index contributed by atoms with van der Waals surface area (Å²) >= 11 is 5.90. The van der Waals surface area contributed by atoms with E-state index in [-0.39, 0.29) is 5.92 Å². The second-order valence-corrected chi connectivity index (χ2v) is 6.30. The Bertz CT molecular complexity index is 423. The minimum Gasteiger partial charge on any atom is -0.389 e. The largest absolute Gasteiger partial charge is 0.389 e. The van der Waals surface area contributed by atoms with Crippen LogP contribution in [0.25, 0.3) is 0 Å². The molecule has 1 aromatic rings. The van der Waals surface area contributed by atoms with Gasteiger partial charge in [-0.3, -0.25) is 4.90 Å². The summed E-state index contributed by atoms with van der Waals surface area (Å²) < 4.78 is 5.11. The van der Waals surface area contributed by atoms with Crippen LogP contribution < -0.4 is 0 Å². The van der Waals surface area contributed by atoms with E-state index in [0.29, 0.717) is 6.61 Å². The van der Waals surface area contributed by atoms with Gasteiger partial charge < -0.3 is 9.84 Å². The van der Waals surface area contributed by atoms with Crippen LogP contribution in [0.3, 0.4) is 0 Å². The predicted molar refractivity (Wildman–Crippen MR) is 82.0 cm³/mol. The zero-order valence-electron chi connectivity index (χ0n) is 12.3. The number of aliphatic hydroxyl groups is 1. The summed E-state index contributed by atoms with van der Waals surface area (Å²) in [7, 11) is 1.68. The molecule has 1 aliphatic heterocycles. The smallest absolute Gasteiger partial charge is 0.0719 e. The van der Waals surface area contributed by atoms with Gasteiger partial charge in [-0.15, -0.1) is 0 Å². The molecule has 1 saturated heterocycles. The van der Waals surface area contributed by atoms with Crippen LogP contribution in [-0.2, 0) is 11.3 Å². The van der Waals surface area contributed by atoms with Gasteiger partial charge in [0.2, 0.25) is 0 Å². The SMILES string of the molecule is COCC[C@]1(O)CCN(Cc2ccc(Cl)cc2)C[C@H]1C. The standard InChI is InChI=1S/C16H24ClNO2/c1-13-11-18(9-7-16(13,19)8-10-20-2)12-14-3-5-15(17)6-4-14/h3-6,13,19H,7-12H2,1-2H3/t13-,16-/m1/s1. The van der Waals surface area contributed by atoms with Crippen LogP contribution in [0.1, 0.15) is 25.3 Å². The lowest BCUT2D eigenvalue weighted by molar-refractivity contribution is -0.0827. The second-order valence-electron chi connectivity index (χ2n) is 5.86. The summed E-state index contributed by atoms with van der Waals surface area (Å²) in [5, 5.41) is 11.4. The minimum atomic E-state index is -0.577. The van der Waals surface area contributed by atoms with E-state index in [2.05, 4.69) is 24.0 Å². The Morgan fingerprint density at radius 1 is 1.40 bits per heavy atom. The molecular weight excluding hydrogens is 274 g/mol. The van der Waals surface area contributed by atoms with Crippen molar-refractivity contribution in [1.29, 1.82) is 0 Å². The molecule has 1 aliphatic rings. The molecule has 0 radical (unpaired) electrons. The quantitative estimate of drug-likeness (QED) is 0.907. The van der Waals surface area contributed by atoms with Gasteiger partial charge in [0.1, 0.15) is 0 Å². The van der Waals surface area contributed by atoms with Crippen molar-refractivity contribution in [2.45, 2.75) is 31.9 Å². The number of likely N-dealkylation sites (tertiary alicyclic amines) is 1. The monoisotopic (exact) mass is 297 g/mol. The van der Waals surface area contributed by atoms with Gasteiger partial charge in [-0.2, -0.15) is 0 Å². The lowest BCUT2D eigenvalue weighted by Crippen LogP contribution is -2.50. The highest BCUT2D eigenvalue weighted by Gasteiger charge is 2.38. The Hall–Kier alpha value is -0.610. The Balaban J connectivity index is 1.90. The summed E-state index contributed by atoms with van der Waals surface area (Å²) in [6, 6.07) is 8.00. The molecule has 1 N–H and O–H groups in total. The minimum absolute atomic E-state index is 0.263. The number of benzene rings is 1. The number of piperidine rings is 1. The molecule has 0 spiro atoms. The Labute approximate surface area is 126 Å². The zero-order chi connectivity index (χ0) is 14.6. The van der Waals surface area contributed by atoms with Crippen molar-refractivity contribution in [3.8, 4) is 0 Å². The van der Waals surface area contributed by atoms with E-state index < -0.39 is 5.60 Å². The van der Waals surface area contributed by atoms with Crippen LogP contribution in [0.2, 0.25) is 5.02 Å². The topological polar surface area (TPSA) is 32.7 Å². The van der Waals surface area contributed by atoms with Gasteiger partial charge in [0, 0.05) is 38.4 Å². The van der Waals surface area contributed by atoms with Crippen LogP contribution in [0.4, 0.5) is 0 Å². The van der Waals surface area contributed by atoms with Crippen molar-refractivity contribution < 1.29 is 9.84 Å². The van der Waals surface area contributed by atoms with E-state index in [1.807, 2.05) is 12.1 Å². The fourth-order valence-corrected chi connectivity index (χ4v) is 3.01. The molecule has 1 aromatic carbocycles. The number of methoxy groups -OCH3 is 1. The molecule has 20 heavy (non-hydrogen) atoms. The molecule has 0 unspecified atom stereocenters. The molecule has 2 atom stereocenters. The average Bonchev–Trinajstić information content (AvgIpc) is 2.44. The van der Waals surface area contributed by atoms with Crippen LogP contribution in [0.15, 0.2) is 24.3 Å². The third-order valence-electron chi connectivity index (χ3n) is 4.37. The second kappa shape index (κ2) is 6.90. The molecule has 0 saturated carbocycles. The third kappa shape index (κ3) is 3.95. The van der Waals surface area contributed by atoms with E-state index in [0.717, 1.165) is 37.5 Å². The molecule has 1 fully saturated rings. The van der Waals surface area contributed by atoms with Gasteiger partial charge in [-0.25, -0.2) is 0 Å². The molecule has 2 rings (SSSR count). The van der Waals surface area contributed by atoms with Crippen LogP contribution >= 0.6 is 11.6 Å². The molecule has 0 amide bonds. The fraction of sp³-hybridized carbons (Fsp3) is 0.625. The van der Waals surface area contributed by atoms with Crippen molar-refractivity contribution in [1.82, 2.24) is 4.90 Å². The Morgan fingerprint density at radius 2 is 2.10 bits per heavy atom. The van der Waals surface area contributed by atoms with Gasteiger partial charge in [-0.1, -0.05) is 30.7 Å². The number of hydrogen-bond acceptors (Lipinski definition) is 3. The lowest BCUT2D eigenvalue weighted by atomic mass is 9.80. The number of rotatable bonds is 5. The average molecular weight is 298 g/mol. The Morgan fingerprint density at radius 3 is 2.70 bits per heavy atom. The highest BCUT2D eigenvalue weighted by atomic mass is 35.5. The molecule has 4 heteroatoms. The first-order chi connectivity index (χ1) is 9.53. The maximum absolute atomic E-state index is 10.7. The summed E-state index contributed by atoms with van der Waals surface area (Å²) in [6.45, 7) is 5.51. The molecule has 0 aromatic heterocycles. The highest BCUT2D eigenvalue weighted by Crippen LogP contribution is 2.31. The highest BCUT2D eigenvalue weighted by molar-refractivity contribution is 6.30. The number of nitrogens with zero attached hydrogens (tertiary/aromatic N) is 1. The lowest BCUT2D eigenvalue weighted by Gasteiger charge is -2.43. The Kier molecular flexibility index (Phi) is 5.44. The zero-order valence-corrected chi connectivity index (χ0v) is 13.1. The number of hydrogen-bond donors (Lipinski definition) is 1. The molecule has 112 valence electrons. The molecule has 3 nitrogen and oxygen atoms in total. The van der Waals surface area contributed by atoms with Crippen molar-refractivity contribution in [2.75, 3.05) is 26.8 Å². The van der Waals surface area contributed by atoms with E-state index in [4.69, 9.17) is 16.3 Å². The van der Waals surface area contributed by atoms with E-state index in [1.54, 1.807) is 7.11 Å². The van der Waals surface area contributed by atoms with Crippen molar-refractivity contribution >= 4 is 11.6 Å². The third-order valence-corrected chi connectivity index (χ3v) is 4.62. The van der Waals surface area contributed by atoms with Gasteiger partial charge in [-0.05, 0) is 36.5 Å². The van der Waals surface area contributed by atoms with Gasteiger partial charge >= 0.3 is 0 Å². The summed E-state index contributed by atoms with van der Waals surface area (Å²) in [6.07, 6.45) is 1.53. The summed E-state index contributed by atoms with van der Waals surface area (Å²) in [4.78, 5) is 2.40. The first-order valence-electron chi connectivity index (χ1n) is 7.21. The number of ether oxygens (including phenoxy) is 1. The fourth-order valence-electron chi connectivity index (χ4n) is 2.89. The van der Waals surface area contributed by atoms with Crippen LogP contribution in [0.5, 0.6) is 0 Å². The molecule has 0 bridgehead atoms. The van der Waals surface area contributed by atoms with E-state index >= 15 is 0 Å². The van der Waals surface area contributed by atoms with Crippen LogP contribution in [-0.4, -0.2) is 42.4 Å². The maximum atomic E-state index is 10.7. The van der Waals surface area contributed by atoms with Gasteiger partial charge in [0.05, 0.1) is 5.60 Å².